The molecule has 10 nitrogen and oxygen atoms in total. The van der Waals surface area contributed by atoms with Gasteiger partial charge in [-0.15, -0.1) is 0 Å². The van der Waals surface area contributed by atoms with Crippen LogP contribution in [0.4, 0.5) is 10.2 Å². The van der Waals surface area contributed by atoms with Gasteiger partial charge < -0.3 is 20.5 Å². The molecule has 4 aromatic rings. The predicted molar refractivity (Wildman–Crippen MR) is 131 cm³/mol. The fourth-order valence-corrected chi connectivity index (χ4v) is 4.48. The second-order valence-corrected chi connectivity index (χ2v) is 8.46. The molecule has 1 saturated heterocycles. The zero-order chi connectivity index (χ0) is 25.2. The van der Waals surface area contributed by atoms with Crippen LogP contribution in [0.25, 0.3) is 16.9 Å². The minimum Gasteiger partial charge on any atom is -0.496 e. The molecular formula is C25H25FN6O4. The lowest BCUT2D eigenvalue weighted by atomic mass is 10.1. The van der Waals surface area contributed by atoms with Crippen molar-refractivity contribution in [2.75, 3.05) is 26.1 Å². The van der Waals surface area contributed by atoms with Gasteiger partial charge in [-0.2, -0.15) is 0 Å². The Bertz CT molecular complexity index is 1470. The quantitative estimate of drug-likeness (QED) is 0.424. The van der Waals surface area contributed by atoms with Crippen molar-refractivity contribution in [1.29, 1.82) is 0 Å². The molecule has 2 aromatic carbocycles. The van der Waals surface area contributed by atoms with Gasteiger partial charge in [-0.25, -0.2) is 19.2 Å². The van der Waals surface area contributed by atoms with E-state index in [4.69, 9.17) is 15.2 Å². The molecule has 36 heavy (non-hydrogen) atoms. The molecule has 11 heteroatoms. The van der Waals surface area contributed by atoms with E-state index >= 15 is 0 Å². The highest BCUT2D eigenvalue weighted by molar-refractivity contribution is 5.96. The number of ether oxygens (including phenoxy) is 2. The molecule has 1 amide bonds. The smallest absolute Gasteiger partial charge is 0.335 e. The summed E-state index contributed by atoms with van der Waals surface area (Å²) in [4.78, 5) is 34.6. The van der Waals surface area contributed by atoms with E-state index in [0.29, 0.717) is 42.9 Å². The van der Waals surface area contributed by atoms with Gasteiger partial charge in [0.05, 0.1) is 18.4 Å². The standard InChI is InChI=1S/C25H25FN6O4/c1-35-20-7-4-16(26)12-19(20)24(33)28-13-15-2-5-17(6-3-15)31-21-22(27)29-14-30-23(21)32(25(31)34)18-8-10-36-11-9-18/h2-7,12,14,18H,8-11,13H2,1H3,(H,28,33)(H2,27,29,30). The third kappa shape index (κ3) is 4.29. The molecule has 0 atom stereocenters. The Morgan fingerprint density at radius 1 is 1.19 bits per heavy atom. The maximum atomic E-state index is 13.6. The second-order valence-electron chi connectivity index (χ2n) is 8.46. The monoisotopic (exact) mass is 492 g/mol. The lowest BCUT2D eigenvalue weighted by Gasteiger charge is -2.22. The third-order valence-corrected chi connectivity index (χ3v) is 6.29. The number of nitrogen functional groups attached to an aromatic ring is 1. The Labute approximate surface area is 205 Å². The van der Waals surface area contributed by atoms with E-state index < -0.39 is 11.7 Å². The lowest BCUT2D eigenvalue weighted by molar-refractivity contribution is 0.0695. The summed E-state index contributed by atoms with van der Waals surface area (Å²) in [5.41, 5.74) is 8.35. The number of nitrogens with zero attached hydrogens (tertiary/aromatic N) is 4. The Hall–Kier alpha value is -4.25. The Balaban J connectivity index is 1.42. The van der Waals surface area contributed by atoms with Crippen LogP contribution in [-0.4, -0.2) is 45.3 Å². The van der Waals surface area contributed by atoms with E-state index in [-0.39, 0.29) is 35.4 Å². The number of anilines is 1. The second kappa shape index (κ2) is 9.78. The number of rotatable bonds is 6. The van der Waals surface area contributed by atoms with E-state index in [2.05, 4.69) is 15.3 Å². The van der Waals surface area contributed by atoms with Crippen LogP contribution in [0.15, 0.2) is 53.6 Å². The van der Waals surface area contributed by atoms with E-state index in [1.807, 2.05) is 0 Å². The van der Waals surface area contributed by atoms with Gasteiger partial charge in [0.1, 0.15) is 23.4 Å². The Morgan fingerprint density at radius 3 is 2.67 bits per heavy atom. The van der Waals surface area contributed by atoms with E-state index in [1.54, 1.807) is 28.8 Å². The van der Waals surface area contributed by atoms with Crippen molar-refractivity contribution in [1.82, 2.24) is 24.4 Å². The number of fused-ring (bicyclic) bond motifs is 1. The van der Waals surface area contributed by atoms with Crippen LogP contribution in [0.5, 0.6) is 5.75 Å². The molecule has 0 spiro atoms. The van der Waals surface area contributed by atoms with Crippen molar-refractivity contribution in [3.8, 4) is 11.4 Å². The molecule has 5 rings (SSSR count). The van der Waals surface area contributed by atoms with Gasteiger partial charge in [-0.1, -0.05) is 12.1 Å². The van der Waals surface area contributed by atoms with E-state index in [0.717, 1.165) is 11.6 Å². The first-order valence-corrected chi connectivity index (χ1v) is 11.5. The van der Waals surface area contributed by atoms with Gasteiger partial charge >= 0.3 is 5.69 Å². The fraction of sp³-hybridized carbons (Fsp3) is 0.280. The Morgan fingerprint density at radius 2 is 1.94 bits per heavy atom. The van der Waals surface area contributed by atoms with Gasteiger partial charge in [0.2, 0.25) is 0 Å². The SMILES string of the molecule is COc1ccc(F)cc1C(=O)NCc1ccc(-n2c(=O)n(C3CCOCC3)c3ncnc(N)c32)cc1. The molecule has 3 N–H and O–H groups in total. The van der Waals surface area contributed by atoms with Crippen LogP contribution in [0.3, 0.4) is 0 Å². The van der Waals surface area contributed by atoms with Crippen molar-refractivity contribution in [2.45, 2.75) is 25.4 Å². The summed E-state index contributed by atoms with van der Waals surface area (Å²) in [6.07, 6.45) is 2.77. The summed E-state index contributed by atoms with van der Waals surface area (Å²) < 4.78 is 27.4. The van der Waals surface area contributed by atoms with Crippen molar-refractivity contribution < 1.29 is 18.7 Å². The lowest BCUT2D eigenvalue weighted by Crippen LogP contribution is -2.30. The number of hydrogen-bond donors (Lipinski definition) is 2. The molecule has 0 radical (unpaired) electrons. The van der Waals surface area contributed by atoms with Gasteiger partial charge in [0.15, 0.2) is 11.5 Å². The maximum Gasteiger partial charge on any atom is 0.335 e. The zero-order valence-electron chi connectivity index (χ0n) is 19.6. The number of aromatic nitrogens is 4. The van der Waals surface area contributed by atoms with Crippen LogP contribution >= 0.6 is 0 Å². The average Bonchev–Trinajstić information content (AvgIpc) is 3.21. The predicted octanol–water partition coefficient (Wildman–Crippen LogP) is 2.59. The largest absolute Gasteiger partial charge is 0.496 e. The first-order valence-electron chi connectivity index (χ1n) is 11.5. The molecular weight excluding hydrogens is 467 g/mol. The fourth-order valence-electron chi connectivity index (χ4n) is 4.48. The zero-order valence-corrected chi connectivity index (χ0v) is 19.6. The van der Waals surface area contributed by atoms with Crippen molar-refractivity contribution in [2.24, 2.45) is 0 Å². The number of benzene rings is 2. The Kier molecular flexibility index (Phi) is 6.38. The number of nitrogens with two attached hydrogens (primary N) is 1. The van der Waals surface area contributed by atoms with Gasteiger partial charge in [-0.05, 0) is 48.7 Å². The number of halogens is 1. The summed E-state index contributed by atoms with van der Waals surface area (Å²) in [6.45, 7) is 1.35. The van der Waals surface area contributed by atoms with Crippen LogP contribution in [-0.2, 0) is 11.3 Å². The summed E-state index contributed by atoms with van der Waals surface area (Å²) >= 11 is 0. The van der Waals surface area contributed by atoms with Gasteiger partial charge in [-0.3, -0.25) is 13.9 Å². The molecule has 0 saturated carbocycles. The minimum atomic E-state index is -0.529. The van der Waals surface area contributed by atoms with Crippen molar-refractivity contribution >= 4 is 22.9 Å². The average molecular weight is 493 g/mol. The summed E-state index contributed by atoms with van der Waals surface area (Å²) in [7, 11) is 1.42. The number of carbonyl (C=O) groups excluding carboxylic acids is 1. The first kappa shape index (κ1) is 23.5. The molecule has 186 valence electrons. The normalized spacial score (nSPS) is 14.2. The van der Waals surface area contributed by atoms with Crippen LogP contribution in [0.2, 0.25) is 0 Å². The molecule has 2 aromatic heterocycles. The van der Waals surface area contributed by atoms with Crippen molar-refractivity contribution in [3.63, 3.8) is 0 Å². The van der Waals surface area contributed by atoms with Crippen molar-refractivity contribution in [3.05, 3.63) is 76.2 Å². The summed E-state index contributed by atoms with van der Waals surface area (Å²) in [6, 6.07) is 10.8. The summed E-state index contributed by atoms with van der Waals surface area (Å²) in [5, 5.41) is 2.76. The highest BCUT2D eigenvalue weighted by atomic mass is 19.1. The molecule has 0 aliphatic carbocycles. The number of hydrogen-bond acceptors (Lipinski definition) is 7. The molecule has 1 aliphatic heterocycles. The molecule has 0 bridgehead atoms. The highest BCUT2D eigenvalue weighted by Crippen LogP contribution is 2.27. The number of imidazole rings is 1. The number of carbonyl (C=O) groups is 1. The molecule has 1 fully saturated rings. The third-order valence-electron chi connectivity index (χ3n) is 6.29. The van der Waals surface area contributed by atoms with E-state index in [9.17, 15) is 14.0 Å². The van der Waals surface area contributed by atoms with Crippen LogP contribution < -0.4 is 21.5 Å². The highest BCUT2D eigenvalue weighted by Gasteiger charge is 2.25. The first-order chi connectivity index (χ1) is 17.5. The van der Waals surface area contributed by atoms with Crippen LogP contribution in [0.1, 0.15) is 34.8 Å². The van der Waals surface area contributed by atoms with Gasteiger partial charge in [0.25, 0.3) is 5.91 Å². The number of nitrogens with one attached hydrogen (secondary N) is 1. The minimum absolute atomic E-state index is 0.0430. The number of amides is 1. The van der Waals surface area contributed by atoms with E-state index in [1.165, 1.54) is 30.1 Å². The number of methoxy groups -OCH3 is 1. The molecule has 1 aliphatic rings. The summed E-state index contributed by atoms with van der Waals surface area (Å²) in [5.74, 6) is -0.498. The molecule has 0 unspecified atom stereocenters. The topological polar surface area (TPSA) is 126 Å². The maximum absolute atomic E-state index is 13.6. The van der Waals surface area contributed by atoms with Crippen LogP contribution in [0, 0.1) is 5.82 Å². The van der Waals surface area contributed by atoms with Gasteiger partial charge in [0, 0.05) is 25.8 Å². The molecule has 3 heterocycles.